The summed E-state index contributed by atoms with van der Waals surface area (Å²) in [6.45, 7) is 4.54. The number of aromatic nitrogens is 2. The molecular formula is C20H22N4OS. The van der Waals surface area contributed by atoms with Gasteiger partial charge in [0.15, 0.2) is 0 Å². The van der Waals surface area contributed by atoms with Gasteiger partial charge in [0.2, 0.25) is 5.91 Å². The molecule has 1 amide bonds. The van der Waals surface area contributed by atoms with Crippen LogP contribution in [-0.2, 0) is 4.79 Å². The van der Waals surface area contributed by atoms with Crippen molar-refractivity contribution >= 4 is 33.1 Å². The molecule has 1 aliphatic rings. The van der Waals surface area contributed by atoms with Crippen LogP contribution in [0.15, 0.2) is 42.0 Å². The highest BCUT2D eigenvalue weighted by molar-refractivity contribution is 7.17. The number of pyridine rings is 2. The Labute approximate surface area is 157 Å². The van der Waals surface area contributed by atoms with Crippen molar-refractivity contribution in [3.8, 4) is 11.3 Å². The minimum atomic E-state index is 0.101. The molecule has 4 heterocycles. The number of hydrogen-bond acceptors (Lipinski definition) is 5. The first kappa shape index (κ1) is 17.1. The molecule has 26 heavy (non-hydrogen) atoms. The maximum Gasteiger partial charge on any atom is 0.230 e. The van der Waals surface area contributed by atoms with Crippen LogP contribution in [0.3, 0.4) is 0 Å². The lowest BCUT2D eigenvalue weighted by Gasteiger charge is -2.29. The molecule has 6 heteroatoms. The molecule has 0 unspecified atom stereocenters. The Hall–Kier alpha value is -2.31. The van der Waals surface area contributed by atoms with Crippen LogP contribution in [0.25, 0.3) is 21.5 Å². The van der Waals surface area contributed by atoms with Crippen LogP contribution in [-0.4, -0.2) is 35.5 Å². The fourth-order valence-corrected chi connectivity index (χ4v) is 4.40. The zero-order chi connectivity index (χ0) is 17.9. The lowest BCUT2D eigenvalue weighted by atomic mass is 9.96. The molecule has 3 aromatic heterocycles. The highest BCUT2D eigenvalue weighted by Gasteiger charge is 2.27. The quantitative estimate of drug-likeness (QED) is 0.765. The predicted octanol–water partition coefficient (Wildman–Crippen LogP) is 3.71. The van der Waals surface area contributed by atoms with Crippen molar-refractivity contribution in [1.29, 1.82) is 0 Å². The monoisotopic (exact) mass is 366 g/mol. The molecule has 0 spiro atoms. The van der Waals surface area contributed by atoms with E-state index >= 15 is 0 Å². The molecule has 1 fully saturated rings. The summed E-state index contributed by atoms with van der Waals surface area (Å²) in [4.78, 5) is 24.0. The molecule has 3 aromatic rings. The second-order valence-corrected chi connectivity index (χ2v) is 7.42. The molecule has 1 N–H and O–H groups in total. The Morgan fingerprint density at radius 2 is 2.04 bits per heavy atom. The Morgan fingerprint density at radius 1 is 1.27 bits per heavy atom. The highest BCUT2D eigenvalue weighted by atomic mass is 32.1. The predicted molar refractivity (Wildman–Crippen MR) is 106 cm³/mol. The Kier molecular flexibility index (Phi) is 4.95. The number of rotatable bonds is 4. The summed E-state index contributed by atoms with van der Waals surface area (Å²) < 4.78 is 1.08. The highest BCUT2D eigenvalue weighted by Crippen LogP contribution is 2.35. The average Bonchev–Trinajstić information content (AvgIpc) is 3.18. The molecule has 0 aliphatic carbocycles. The minimum absolute atomic E-state index is 0.101. The van der Waals surface area contributed by atoms with Crippen LogP contribution in [0.2, 0.25) is 0 Å². The van der Waals surface area contributed by atoms with Gasteiger partial charge >= 0.3 is 0 Å². The summed E-state index contributed by atoms with van der Waals surface area (Å²) in [5, 5.41) is 5.38. The molecule has 0 saturated carbocycles. The van der Waals surface area contributed by atoms with Crippen molar-refractivity contribution in [3.63, 3.8) is 0 Å². The van der Waals surface area contributed by atoms with E-state index in [1.807, 2.05) is 35.4 Å². The zero-order valence-electron chi connectivity index (χ0n) is 14.8. The summed E-state index contributed by atoms with van der Waals surface area (Å²) >= 11 is 1.64. The number of thiophene rings is 1. The summed E-state index contributed by atoms with van der Waals surface area (Å²) in [5.74, 6) is 0.333. The van der Waals surface area contributed by atoms with Crippen LogP contribution in [0, 0.1) is 5.92 Å². The first-order valence-electron chi connectivity index (χ1n) is 9.08. The van der Waals surface area contributed by atoms with Gasteiger partial charge in [-0.1, -0.05) is 0 Å². The number of fused-ring (bicyclic) bond motifs is 1. The molecule has 1 saturated heterocycles. The lowest BCUT2D eigenvalue weighted by Crippen LogP contribution is -2.41. The van der Waals surface area contributed by atoms with E-state index in [-0.39, 0.29) is 11.8 Å². The standard InChI is InChI=1S/C20H22N4OS/c1-2-24(20(25)15-5-10-22-11-6-15)18-13-17(14-3-8-21-9-4-14)23-16-7-12-26-19(16)18/h3-4,7-9,12-13,15,22H,2,5-6,10-11H2,1H3. The van der Waals surface area contributed by atoms with E-state index in [0.717, 1.165) is 53.1 Å². The first-order valence-corrected chi connectivity index (χ1v) is 9.96. The van der Waals surface area contributed by atoms with E-state index in [9.17, 15) is 4.79 Å². The van der Waals surface area contributed by atoms with E-state index in [4.69, 9.17) is 4.98 Å². The third-order valence-corrected chi connectivity index (χ3v) is 5.86. The third kappa shape index (κ3) is 3.22. The maximum absolute atomic E-state index is 13.2. The minimum Gasteiger partial charge on any atom is -0.317 e. The topological polar surface area (TPSA) is 58.1 Å². The second kappa shape index (κ2) is 7.51. The van der Waals surface area contributed by atoms with Crippen molar-refractivity contribution in [3.05, 3.63) is 42.0 Å². The van der Waals surface area contributed by atoms with Gasteiger partial charge in [-0.25, -0.2) is 4.98 Å². The molecule has 0 atom stereocenters. The number of amides is 1. The smallest absolute Gasteiger partial charge is 0.230 e. The van der Waals surface area contributed by atoms with Crippen molar-refractivity contribution in [2.24, 2.45) is 5.92 Å². The summed E-state index contributed by atoms with van der Waals surface area (Å²) in [6.07, 6.45) is 5.36. The largest absolute Gasteiger partial charge is 0.317 e. The Bertz CT molecular complexity index is 903. The summed E-state index contributed by atoms with van der Waals surface area (Å²) in [6, 6.07) is 7.98. The molecule has 4 rings (SSSR count). The zero-order valence-corrected chi connectivity index (χ0v) is 15.6. The Balaban J connectivity index is 1.78. The van der Waals surface area contributed by atoms with E-state index < -0.39 is 0 Å². The van der Waals surface area contributed by atoms with Gasteiger partial charge in [-0.3, -0.25) is 9.78 Å². The van der Waals surface area contributed by atoms with Gasteiger partial charge in [0.1, 0.15) is 0 Å². The van der Waals surface area contributed by atoms with Crippen molar-refractivity contribution in [2.75, 3.05) is 24.5 Å². The lowest BCUT2D eigenvalue weighted by molar-refractivity contribution is -0.123. The maximum atomic E-state index is 13.2. The molecule has 134 valence electrons. The number of nitrogens with one attached hydrogen (secondary N) is 1. The fraction of sp³-hybridized carbons (Fsp3) is 0.350. The second-order valence-electron chi connectivity index (χ2n) is 6.50. The van der Waals surface area contributed by atoms with Gasteiger partial charge in [-0.15, -0.1) is 11.3 Å². The van der Waals surface area contributed by atoms with Gasteiger partial charge in [0.05, 0.1) is 21.6 Å². The van der Waals surface area contributed by atoms with Crippen LogP contribution in [0.5, 0.6) is 0 Å². The van der Waals surface area contributed by atoms with Gasteiger partial charge in [-0.05, 0) is 62.5 Å². The molecule has 0 bridgehead atoms. The molecule has 5 nitrogen and oxygen atoms in total. The van der Waals surface area contributed by atoms with Crippen molar-refractivity contribution in [1.82, 2.24) is 15.3 Å². The number of carbonyl (C=O) groups is 1. The van der Waals surface area contributed by atoms with Crippen molar-refractivity contribution < 1.29 is 4.79 Å². The molecule has 0 aromatic carbocycles. The van der Waals surface area contributed by atoms with E-state index in [0.29, 0.717) is 6.54 Å². The van der Waals surface area contributed by atoms with E-state index in [2.05, 4.69) is 16.4 Å². The first-order chi connectivity index (χ1) is 12.8. The van der Waals surface area contributed by atoms with Gasteiger partial charge in [0, 0.05) is 30.4 Å². The molecular weight excluding hydrogens is 344 g/mol. The van der Waals surface area contributed by atoms with Gasteiger partial charge in [-0.2, -0.15) is 0 Å². The van der Waals surface area contributed by atoms with Crippen molar-refractivity contribution in [2.45, 2.75) is 19.8 Å². The van der Waals surface area contributed by atoms with Crippen LogP contribution < -0.4 is 10.2 Å². The van der Waals surface area contributed by atoms with Crippen LogP contribution in [0.4, 0.5) is 5.69 Å². The number of piperidine rings is 1. The van der Waals surface area contributed by atoms with E-state index in [1.165, 1.54) is 0 Å². The number of hydrogen-bond donors (Lipinski definition) is 1. The summed E-state index contributed by atoms with van der Waals surface area (Å²) in [5.41, 5.74) is 3.81. The number of carbonyl (C=O) groups excluding carboxylic acids is 1. The SMILES string of the molecule is CCN(C(=O)C1CCNCC1)c1cc(-c2ccncc2)nc2ccsc12. The fourth-order valence-electron chi connectivity index (χ4n) is 3.54. The van der Waals surface area contributed by atoms with Gasteiger partial charge in [0.25, 0.3) is 0 Å². The van der Waals surface area contributed by atoms with E-state index in [1.54, 1.807) is 23.7 Å². The van der Waals surface area contributed by atoms with Crippen LogP contribution in [0.1, 0.15) is 19.8 Å². The van der Waals surface area contributed by atoms with Gasteiger partial charge < -0.3 is 10.2 Å². The number of anilines is 1. The van der Waals surface area contributed by atoms with Crippen LogP contribution >= 0.6 is 11.3 Å². The molecule has 1 aliphatic heterocycles. The normalized spacial score (nSPS) is 15.3. The summed E-state index contributed by atoms with van der Waals surface area (Å²) in [7, 11) is 0. The number of nitrogens with zero attached hydrogens (tertiary/aromatic N) is 3. The molecule has 0 radical (unpaired) electrons. The third-order valence-electron chi connectivity index (χ3n) is 4.93. The Morgan fingerprint density at radius 3 is 2.77 bits per heavy atom. The average molecular weight is 366 g/mol.